The number of carboxylic acids is 1. The van der Waals surface area contributed by atoms with Crippen LogP contribution in [-0.2, 0) is 20.8 Å². The third-order valence-corrected chi connectivity index (χ3v) is 5.07. The van der Waals surface area contributed by atoms with Crippen LogP contribution in [0, 0.1) is 5.92 Å². The Bertz CT molecular complexity index is 603. The second kappa shape index (κ2) is 8.62. The number of fused-ring (bicyclic) bond motifs is 1. The molecule has 0 bridgehead atoms. The van der Waals surface area contributed by atoms with Crippen LogP contribution < -0.4 is 0 Å². The number of ether oxygens (including phenoxy) is 2. The van der Waals surface area contributed by atoms with E-state index in [2.05, 4.69) is 11.0 Å². The van der Waals surface area contributed by atoms with E-state index in [-0.39, 0.29) is 6.10 Å². The molecule has 0 radical (unpaired) electrons. The van der Waals surface area contributed by atoms with E-state index in [9.17, 15) is 13.2 Å². The van der Waals surface area contributed by atoms with Gasteiger partial charge in [-0.1, -0.05) is 0 Å². The molecular formula is C18H24F3NO5. The van der Waals surface area contributed by atoms with Gasteiger partial charge in [0, 0.05) is 19.2 Å². The SMILES string of the molecule is O=C(O)C(F)(F)F.c1coc(CN2CCO[C@H]3[C@H](OCC4CC4)CC[C@@H]32)c1. The van der Waals surface area contributed by atoms with E-state index >= 15 is 0 Å². The molecule has 152 valence electrons. The summed E-state index contributed by atoms with van der Waals surface area (Å²) < 4.78 is 49.3. The number of hydrogen-bond donors (Lipinski definition) is 1. The van der Waals surface area contributed by atoms with Crippen LogP contribution in [0.2, 0.25) is 0 Å². The lowest BCUT2D eigenvalue weighted by Crippen LogP contribution is -2.51. The Hall–Kier alpha value is -1.58. The molecule has 1 saturated heterocycles. The number of hydrogen-bond acceptors (Lipinski definition) is 5. The maximum absolute atomic E-state index is 10.6. The highest BCUT2D eigenvalue weighted by atomic mass is 19.4. The molecule has 6 nitrogen and oxygen atoms in total. The summed E-state index contributed by atoms with van der Waals surface area (Å²) >= 11 is 0. The average molecular weight is 391 g/mol. The Morgan fingerprint density at radius 2 is 2.04 bits per heavy atom. The van der Waals surface area contributed by atoms with Gasteiger partial charge in [-0.05, 0) is 43.7 Å². The van der Waals surface area contributed by atoms with Crippen molar-refractivity contribution >= 4 is 5.97 Å². The Kier molecular flexibility index (Phi) is 6.44. The minimum atomic E-state index is -5.08. The highest BCUT2D eigenvalue weighted by Gasteiger charge is 2.44. The lowest BCUT2D eigenvalue weighted by atomic mass is 10.1. The van der Waals surface area contributed by atoms with E-state index in [0.29, 0.717) is 12.1 Å². The summed E-state index contributed by atoms with van der Waals surface area (Å²) in [4.78, 5) is 11.4. The molecule has 3 atom stereocenters. The van der Waals surface area contributed by atoms with Crippen LogP contribution in [-0.4, -0.2) is 60.2 Å². The lowest BCUT2D eigenvalue weighted by molar-refractivity contribution is -0.192. The van der Waals surface area contributed by atoms with E-state index < -0.39 is 12.1 Å². The topological polar surface area (TPSA) is 72.1 Å². The highest BCUT2D eigenvalue weighted by molar-refractivity contribution is 5.73. The third-order valence-electron chi connectivity index (χ3n) is 5.07. The molecule has 0 amide bonds. The van der Waals surface area contributed by atoms with Crippen LogP contribution in [0.1, 0.15) is 31.4 Å². The van der Waals surface area contributed by atoms with Crippen molar-refractivity contribution in [3.8, 4) is 0 Å². The van der Waals surface area contributed by atoms with E-state index in [1.165, 1.54) is 19.3 Å². The van der Waals surface area contributed by atoms with Crippen molar-refractivity contribution in [1.29, 1.82) is 0 Å². The number of morpholine rings is 1. The van der Waals surface area contributed by atoms with Crippen molar-refractivity contribution in [2.24, 2.45) is 5.92 Å². The van der Waals surface area contributed by atoms with Gasteiger partial charge in [0.05, 0.1) is 31.6 Å². The van der Waals surface area contributed by atoms with Gasteiger partial charge in [0.25, 0.3) is 0 Å². The largest absolute Gasteiger partial charge is 0.490 e. The molecule has 9 heteroatoms. The molecule has 4 rings (SSSR count). The Labute approximate surface area is 155 Å². The number of alkyl halides is 3. The third kappa shape index (κ3) is 5.70. The van der Waals surface area contributed by atoms with E-state index in [0.717, 1.165) is 44.4 Å². The summed E-state index contributed by atoms with van der Waals surface area (Å²) in [7, 11) is 0. The monoisotopic (exact) mass is 391 g/mol. The molecule has 1 aliphatic heterocycles. The van der Waals surface area contributed by atoms with Crippen molar-refractivity contribution in [1.82, 2.24) is 4.90 Å². The van der Waals surface area contributed by atoms with E-state index in [4.69, 9.17) is 23.8 Å². The molecular weight excluding hydrogens is 367 g/mol. The second-order valence-electron chi connectivity index (χ2n) is 7.15. The number of nitrogens with zero attached hydrogens (tertiary/aromatic N) is 1. The molecule has 0 unspecified atom stereocenters. The predicted octanol–water partition coefficient (Wildman–Crippen LogP) is 3.07. The minimum absolute atomic E-state index is 0.262. The van der Waals surface area contributed by atoms with Gasteiger partial charge in [0.1, 0.15) is 5.76 Å². The summed E-state index contributed by atoms with van der Waals surface area (Å²) in [5.41, 5.74) is 0. The number of carboxylic acid groups (broad SMARTS) is 1. The molecule has 1 N–H and O–H groups in total. The smallest absolute Gasteiger partial charge is 0.475 e. The standard InChI is InChI=1S/C16H23NO3.C2HF3O2/c1-2-13(18-8-1)10-17-7-9-19-16-14(17)5-6-15(16)20-11-12-3-4-12;3-2(4,5)1(6)7/h1-2,8,12,14-16H,3-7,9-11H2;(H,6,7)/t14-,15+,16+;/m0./s1. The van der Waals surface area contributed by atoms with Crippen molar-refractivity contribution in [3.05, 3.63) is 24.2 Å². The summed E-state index contributed by atoms with van der Waals surface area (Å²) in [6, 6.07) is 4.52. The molecule has 0 spiro atoms. The number of rotatable bonds is 5. The zero-order chi connectivity index (χ0) is 19.4. The summed E-state index contributed by atoms with van der Waals surface area (Å²) in [5, 5.41) is 7.12. The van der Waals surface area contributed by atoms with Crippen LogP contribution in [0.3, 0.4) is 0 Å². The van der Waals surface area contributed by atoms with Gasteiger partial charge in [-0.3, -0.25) is 4.90 Å². The fourth-order valence-electron chi connectivity index (χ4n) is 3.51. The molecule has 27 heavy (non-hydrogen) atoms. The molecule has 1 aromatic rings. The Morgan fingerprint density at radius 1 is 1.30 bits per heavy atom. The molecule has 1 aromatic heterocycles. The van der Waals surface area contributed by atoms with Crippen LogP contribution in [0.25, 0.3) is 0 Å². The zero-order valence-electron chi connectivity index (χ0n) is 14.9. The second-order valence-corrected chi connectivity index (χ2v) is 7.15. The number of carbonyl (C=O) groups is 1. The molecule has 2 aliphatic carbocycles. The van der Waals surface area contributed by atoms with Gasteiger partial charge in [-0.15, -0.1) is 0 Å². The minimum Gasteiger partial charge on any atom is -0.475 e. The van der Waals surface area contributed by atoms with Crippen LogP contribution in [0.5, 0.6) is 0 Å². The van der Waals surface area contributed by atoms with Gasteiger partial charge < -0.3 is 19.0 Å². The molecule has 2 heterocycles. The van der Waals surface area contributed by atoms with Gasteiger partial charge in [0.15, 0.2) is 0 Å². The first kappa shape index (κ1) is 20.2. The molecule has 0 aromatic carbocycles. The number of halogens is 3. The zero-order valence-corrected chi connectivity index (χ0v) is 14.9. The number of furan rings is 1. The Balaban J connectivity index is 0.000000260. The van der Waals surface area contributed by atoms with Gasteiger partial charge >= 0.3 is 12.1 Å². The molecule has 3 fully saturated rings. The first-order valence-electron chi connectivity index (χ1n) is 9.14. The first-order chi connectivity index (χ1) is 12.8. The van der Waals surface area contributed by atoms with Crippen LogP contribution in [0.4, 0.5) is 13.2 Å². The molecule has 3 aliphatic rings. The van der Waals surface area contributed by atoms with Crippen molar-refractivity contribution in [2.45, 2.75) is 56.7 Å². The van der Waals surface area contributed by atoms with Gasteiger partial charge in [0.2, 0.25) is 0 Å². The quantitative estimate of drug-likeness (QED) is 0.832. The van der Waals surface area contributed by atoms with Crippen LogP contribution in [0.15, 0.2) is 22.8 Å². The summed E-state index contributed by atoms with van der Waals surface area (Å²) in [6.45, 7) is 3.64. The molecule has 2 saturated carbocycles. The van der Waals surface area contributed by atoms with Crippen molar-refractivity contribution in [3.63, 3.8) is 0 Å². The maximum Gasteiger partial charge on any atom is 0.490 e. The van der Waals surface area contributed by atoms with Gasteiger partial charge in [-0.2, -0.15) is 13.2 Å². The maximum atomic E-state index is 10.6. The first-order valence-corrected chi connectivity index (χ1v) is 9.14. The Morgan fingerprint density at radius 3 is 2.63 bits per heavy atom. The summed E-state index contributed by atoms with van der Waals surface area (Å²) in [5.74, 6) is -0.877. The van der Waals surface area contributed by atoms with E-state index in [1.54, 1.807) is 6.26 Å². The van der Waals surface area contributed by atoms with Crippen molar-refractivity contribution in [2.75, 3.05) is 19.8 Å². The lowest BCUT2D eigenvalue weighted by Gasteiger charge is -2.38. The number of aliphatic carboxylic acids is 1. The van der Waals surface area contributed by atoms with E-state index in [1.807, 2.05) is 6.07 Å². The normalized spacial score (nSPS) is 28.3. The average Bonchev–Trinajstić information content (AvgIpc) is 3.12. The summed E-state index contributed by atoms with van der Waals surface area (Å²) in [6.07, 6.45) is 2.26. The predicted molar refractivity (Wildman–Crippen MR) is 88.0 cm³/mol. The fourth-order valence-corrected chi connectivity index (χ4v) is 3.51. The highest BCUT2D eigenvalue weighted by Crippen LogP contribution is 2.35. The fraction of sp³-hybridized carbons (Fsp3) is 0.722. The van der Waals surface area contributed by atoms with Crippen LogP contribution >= 0.6 is 0 Å². The van der Waals surface area contributed by atoms with Crippen molar-refractivity contribution < 1.29 is 37.0 Å². The van der Waals surface area contributed by atoms with Gasteiger partial charge in [-0.25, -0.2) is 4.79 Å².